The molecule has 0 heterocycles. The highest BCUT2D eigenvalue weighted by Gasteiger charge is 2.17. The van der Waals surface area contributed by atoms with E-state index in [0.717, 1.165) is 0 Å². The molecule has 2 aromatic rings. The predicted octanol–water partition coefficient (Wildman–Crippen LogP) is 4.41. The van der Waals surface area contributed by atoms with E-state index in [4.69, 9.17) is 14.2 Å². The molecule has 5 heteroatoms. The summed E-state index contributed by atoms with van der Waals surface area (Å²) in [5.41, 5.74) is 1.91. The van der Waals surface area contributed by atoms with Crippen LogP contribution in [0.1, 0.15) is 33.3 Å². The third-order valence-electron chi connectivity index (χ3n) is 4.05. The van der Waals surface area contributed by atoms with Crippen LogP contribution in [-0.2, 0) is 10.2 Å². The number of ether oxygens (including phenoxy) is 3. The standard InChI is InChI=1S/C21H27NO4/c1-14(26-17-10-7-15(8-11-17)21(2,3)4)20(23)22-16-9-12-18(24-5)19(13-16)25-6/h7-14H,1-6H3,(H,22,23). The zero-order valence-electron chi connectivity index (χ0n) is 16.3. The molecular formula is C21H27NO4. The van der Waals surface area contributed by atoms with Crippen molar-refractivity contribution in [1.29, 1.82) is 0 Å². The maximum Gasteiger partial charge on any atom is 0.265 e. The van der Waals surface area contributed by atoms with E-state index in [-0.39, 0.29) is 11.3 Å². The number of benzene rings is 2. The summed E-state index contributed by atoms with van der Waals surface area (Å²) in [5, 5.41) is 2.82. The van der Waals surface area contributed by atoms with Crippen LogP contribution in [0.3, 0.4) is 0 Å². The Morgan fingerprint density at radius 3 is 2.12 bits per heavy atom. The molecule has 1 atom stereocenters. The van der Waals surface area contributed by atoms with Gasteiger partial charge in [0.15, 0.2) is 17.6 Å². The molecule has 0 aliphatic heterocycles. The fourth-order valence-corrected chi connectivity index (χ4v) is 2.45. The summed E-state index contributed by atoms with van der Waals surface area (Å²) in [4.78, 5) is 12.4. The molecule has 0 aromatic heterocycles. The number of methoxy groups -OCH3 is 2. The Hall–Kier alpha value is -2.69. The molecule has 0 fully saturated rings. The van der Waals surface area contributed by atoms with E-state index in [0.29, 0.717) is 22.9 Å². The number of carbonyl (C=O) groups is 1. The molecule has 1 amide bonds. The molecule has 0 bridgehead atoms. The van der Waals surface area contributed by atoms with E-state index in [1.54, 1.807) is 39.3 Å². The van der Waals surface area contributed by atoms with Gasteiger partial charge in [-0.25, -0.2) is 0 Å². The van der Waals surface area contributed by atoms with Gasteiger partial charge in [0.05, 0.1) is 14.2 Å². The first-order valence-corrected chi connectivity index (χ1v) is 8.54. The van der Waals surface area contributed by atoms with Gasteiger partial charge in [-0.3, -0.25) is 4.79 Å². The Bertz CT molecular complexity index is 748. The van der Waals surface area contributed by atoms with Crippen LogP contribution in [0.4, 0.5) is 5.69 Å². The van der Waals surface area contributed by atoms with Crippen molar-refractivity contribution < 1.29 is 19.0 Å². The zero-order chi connectivity index (χ0) is 19.3. The molecule has 0 aliphatic rings. The summed E-state index contributed by atoms with van der Waals surface area (Å²) in [6.07, 6.45) is -0.636. The molecule has 26 heavy (non-hydrogen) atoms. The zero-order valence-corrected chi connectivity index (χ0v) is 16.3. The molecule has 0 aliphatic carbocycles. The van der Waals surface area contributed by atoms with Crippen molar-refractivity contribution in [3.63, 3.8) is 0 Å². The van der Waals surface area contributed by atoms with E-state index in [2.05, 4.69) is 26.1 Å². The predicted molar refractivity (Wildman–Crippen MR) is 103 cm³/mol. The van der Waals surface area contributed by atoms with E-state index in [9.17, 15) is 4.79 Å². The molecule has 0 spiro atoms. The number of anilines is 1. The summed E-state index contributed by atoms with van der Waals surface area (Å²) in [6, 6.07) is 13.0. The van der Waals surface area contributed by atoms with Gasteiger partial charge < -0.3 is 19.5 Å². The van der Waals surface area contributed by atoms with Crippen molar-refractivity contribution >= 4 is 11.6 Å². The molecule has 0 saturated carbocycles. The first-order valence-electron chi connectivity index (χ1n) is 8.54. The summed E-state index contributed by atoms with van der Waals surface area (Å²) in [7, 11) is 3.12. The Labute approximate surface area is 155 Å². The van der Waals surface area contributed by atoms with Gasteiger partial charge in [0.2, 0.25) is 0 Å². The first kappa shape index (κ1) is 19.6. The number of rotatable bonds is 6. The minimum Gasteiger partial charge on any atom is -0.493 e. The first-order chi connectivity index (χ1) is 12.2. The van der Waals surface area contributed by atoms with Gasteiger partial charge in [0.25, 0.3) is 5.91 Å². The fraction of sp³-hybridized carbons (Fsp3) is 0.381. The summed E-state index contributed by atoms with van der Waals surface area (Å²) >= 11 is 0. The van der Waals surface area contributed by atoms with Gasteiger partial charge >= 0.3 is 0 Å². The van der Waals surface area contributed by atoms with Crippen molar-refractivity contribution in [2.75, 3.05) is 19.5 Å². The molecule has 1 N–H and O–H groups in total. The topological polar surface area (TPSA) is 56.8 Å². The van der Waals surface area contributed by atoms with Gasteiger partial charge in [-0.1, -0.05) is 32.9 Å². The van der Waals surface area contributed by atoms with Gasteiger partial charge in [-0.05, 0) is 42.2 Å². The second-order valence-corrected chi connectivity index (χ2v) is 7.09. The molecule has 0 radical (unpaired) electrons. The van der Waals surface area contributed by atoms with Crippen LogP contribution in [0.25, 0.3) is 0 Å². The minimum atomic E-state index is -0.636. The van der Waals surface area contributed by atoms with Crippen molar-refractivity contribution in [3.8, 4) is 17.2 Å². The maximum atomic E-state index is 12.4. The average molecular weight is 357 g/mol. The Balaban J connectivity index is 2.01. The molecule has 1 unspecified atom stereocenters. The molecule has 140 valence electrons. The molecule has 2 aromatic carbocycles. The Morgan fingerprint density at radius 2 is 1.58 bits per heavy atom. The number of hydrogen-bond donors (Lipinski definition) is 1. The fourth-order valence-electron chi connectivity index (χ4n) is 2.45. The maximum absolute atomic E-state index is 12.4. The van der Waals surface area contributed by atoms with Crippen LogP contribution < -0.4 is 19.5 Å². The molecule has 0 saturated heterocycles. The van der Waals surface area contributed by atoms with Crippen molar-refractivity contribution in [1.82, 2.24) is 0 Å². The van der Waals surface area contributed by atoms with Crippen LogP contribution >= 0.6 is 0 Å². The summed E-state index contributed by atoms with van der Waals surface area (Å²) < 4.78 is 16.2. The van der Waals surface area contributed by atoms with Gasteiger partial charge in [0.1, 0.15) is 5.75 Å². The lowest BCUT2D eigenvalue weighted by Gasteiger charge is -2.20. The number of amides is 1. The highest BCUT2D eigenvalue weighted by Crippen LogP contribution is 2.30. The summed E-state index contributed by atoms with van der Waals surface area (Å²) in [6.45, 7) is 8.18. The van der Waals surface area contributed by atoms with Gasteiger partial charge in [-0.2, -0.15) is 0 Å². The largest absolute Gasteiger partial charge is 0.493 e. The minimum absolute atomic E-state index is 0.0783. The van der Waals surface area contributed by atoms with E-state index in [1.165, 1.54) is 5.56 Å². The van der Waals surface area contributed by atoms with Crippen LogP contribution in [0.2, 0.25) is 0 Å². The lowest BCUT2D eigenvalue weighted by atomic mass is 9.87. The van der Waals surface area contributed by atoms with Crippen molar-refractivity contribution in [3.05, 3.63) is 48.0 Å². The van der Waals surface area contributed by atoms with E-state index < -0.39 is 6.10 Å². The summed E-state index contributed by atoms with van der Waals surface area (Å²) in [5.74, 6) is 1.58. The number of nitrogens with one attached hydrogen (secondary N) is 1. The highest BCUT2D eigenvalue weighted by atomic mass is 16.5. The second kappa shape index (κ2) is 8.13. The Kier molecular flexibility index (Phi) is 6.14. The van der Waals surface area contributed by atoms with Crippen LogP contribution in [0, 0.1) is 0 Å². The van der Waals surface area contributed by atoms with Gasteiger partial charge in [0, 0.05) is 11.8 Å². The van der Waals surface area contributed by atoms with Gasteiger partial charge in [-0.15, -0.1) is 0 Å². The van der Waals surface area contributed by atoms with Crippen LogP contribution in [0.5, 0.6) is 17.2 Å². The SMILES string of the molecule is COc1ccc(NC(=O)C(C)Oc2ccc(C(C)(C)C)cc2)cc1OC. The normalized spacial score (nSPS) is 12.2. The Morgan fingerprint density at radius 1 is 0.962 bits per heavy atom. The van der Waals surface area contributed by atoms with Crippen molar-refractivity contribution in [2.45, 2.75) is 39.2 Å². The monoisotopic (exact) mass is 357 g/mol. The second-order valence-electron chi connectivity index (χ2n) is 7.09. The molecule has 5 nitrogen and oxygen atoms in total. The lowest BCUT2D eigenvalue weighted by molar-refractivity contribution is -0.122. The smallest absolute Gasteiger partial charge is 0.265 e. The average Bonchev–Trinajstić information content (AvgIpc) is 2.61. The number of carbonyl (C=O) groups excluding carboxylic acids is 1. The number of hydrogen-bond acceptors (Lipinski definition) is 4. The van der Waals surface area contributed by atoms with Crippen LogP contribution in [0.15, 0.2) is 42.5 Å². The van der Waals surface area contributed by atoms with Crippen molar-refractivity contribution in [2.24, 2.45) is 0 Å². The van der Waals surface area contributed by atoms with E-state index in [1.807, 2.05) is 24.3 Å². The third kappa shape index (κ3) is 4.91. The quantitative estimate of drug-likeness (QED) is 0.832. The molecular weight excluding hydrogens is 330 g/mol. The third-order valence-corrected chi connectivity index (χ3v) is 4.05. The lowest BCUT2D eigenvalue weighted by Crippen LogP contribution is -2.30. The van der Waals surface area contributed by atoms with E-state index >= 15 is 0 Å². The highest BCUT2D eigenvalue weighted by molar-refractivity contribution is 5.94. The van der Waals surface area contributed by atoms with Crippen LogP contribution in [-0.4, -0.2) is 26.2 Å². The molecule has 2 rings (SSSR count).